The number of hydrogen-bond donors (Lipinski definition) is 1. The summed E-state index contributed by atoms with van der Waals surface area (Å²) in [5, 5.41) is 8.46. The Kier molecular flexibility index (Phi) is 5.13. The van der Waals surface area contributed by atoms with Gasteiger partial charge in [0.1, 0.15) is 0 Å². The molecule has 1 amide bonds. The molecule has 92 valence electrons. The maximum Gasteiger partial charge on any atom is 0.303 e. The van der Waals surface area contributed by atoms with Crippen molar-refractivity contribution in [1.29, 1.82) is 0 Å². The maximum absolute atomic E-state index is 11.7. The smallest absolute Gasteiger partial charge is 0.303 e. The number of aliphatic carboxylic acids is 1. The van der Waals surface area contributed by atoms with Gasteiger partial charge in [0, 0.05) is 38.0 Å². The number of carbonyl (C=O) groups is 2. The van der Waals surface area contributed by atoms with E-state index in [1.807, 2.05) is 0 Å². The molecule has 1 rings (SSSR count). The Hall–Kier alpha value is -1.91. The van der Waals surface area contributed by atoms with Crippen LogP contribution in [-0.2, 0) is 9.59 Å². The van der Waals surface area contributed by atoms with E-state index in [9.17, 15) is 9.59 Å². The topological polar surface area (TPSA) is 70.5 Å². The first-order chi connectivity index (χ1) is 8.11. The van der Waals surface area contributed by atoms with Crippen LogP contribution in [0, 0.1) is 0 Å². The SMILES string of the molecule is CN(C(=O)CCCCC(=O)O)c1ccncc1. The van der Waals surface area contributed by atoms with Crippen LogP contribution < -0.4 is 4.90 Å². The minimum absolute atomic E-state index is 0.0124. The second kappa shape index (κ2) is 6.62. The quantitative estimate of drug-likeness (QED) is 0.763. The van der Waals surface area contributed by atoms with Gasteiger partial charge in [0.05, 0.1) is 0 Å². The highest BCUT2D eigenvalue weighted by Crippen LogP contribution is 2.12. The molecule has 0 aliphatic heterocycles. The van der Waals surface area contributed by atoms with E-state index < -0.39 is 5.97 Å². The van der Waals surface area contributed by atoms with Crippen molar-refractivity contribution in [2.24, 2.45) is 0 Å². The van der Waals surface area contributed by atoms with E-state index in [-0.39, 0.29) is 12.3 Å². The van der Waals surface area contributed by atoms with Crippen molar-refractivity contribution in [2.75, 3.05) is 11.9 Å². The van der Waals surface area contributed by atoms with Gasteiger partial charge in [0.25, 0.3) is 0 Å². The number of aromatic nitrogens is 1. The molecule has 0 spiro atoms. The summed E-state index contributed by atoms with van der Waals surface area (Å²) < 4.78 is 0. The van der Waals surface area contributed by atoms with Crippen LogP contribution >= 0.6 is 0 Å². The van der Waals surface area contributed by atoms with Crippen molar-refractivity contribution in [3.63, 3.8) is 0 Å². The van der Waals surface area contributed by atoms with Gasteiger partial charge < -0.3 is 10.0 Å². The normalized spacial score (nSPS) is 9.94. The van der Waals surface area contributed by atoms with E-state index in [2.05, 4.69) is 4.98 Å². The van der Waals surface area contributed by atoms with Crippen LogP contribution in [0.15, 0.2) is 24.5 Å². The third kappa shape index (κ3) is 4.63. The fourth-order valence-corrected chi connectivity index (χ4v) is 1.43. The van der Waals surface area contributed by atoms with Crippen molar-refractivity contribution in [3.05, 3.63) is 24.5 Å². The molecule has 17 heavy (non-hydrogen) atoms. The average Bonchev–Trinajstić information content (AvgIpc) is 2.34. The highest BCUT2D eigenvalue weighted by Gasteiger charge is 2.10. The van der Waals surface area contributed by atoms with Crippen LogP contribution in [0.2, 0.25) is 0 Å². The molecule has 0 unspecified atom stereocenters. The van der Waals surface area contributed by atoms with Crippen LogP contribution in [0.5, 0.6) is 0 Å². The van der Waals surface area contributed by atoms with Gasteiger partial charge >= 0.3 is 5.97 Å². The Labute approximate surface area is 100 Å². The van der Waals surface area contributed by atoms with E-state index in [4.69, 9.17) is 5.11 Å². The van der Waals surface area contributed by atoms with Crippen molar-refractivity contribution < 1.29 is 14.7 Å². The molecular weight excluding hydrogens is 220 g/mol. The first-order valence-electron chi connectivity index (χ1n) is 5.49. The van der Waals surface area contributed by atoms with E-state index in [1.165, 1.54) is 0 Å². The molecule has 0 bridgehead atoms. The first kappa shape index (κ1) is 13.2. The van der Waals surface area contributed by atoms with Crippen molar-refractivity contribution in [2.45, 2.75) is 25.7 Å². The minimum Gasteiger partial charge on any atom is -0.481 e. The lowest BCUT2D eigenvalue weighted by atomic mass is 10.2. The van der Waals surface area contributed by atoms with Gasteiger partial charge in [-0.1, -0.05) is 0 Å². The summed E-state index contributed by atoms with van der Waals surface area (Å²) in [7, 11) is 1.70. The number of rotatable bonds is 6. The molecule has 0 atom stereocenters. The third-order valence-electron chi connectivity index (χ3n) is 2.46. The van der Waals surface area contributed by atoms with Gasteiger partial charge in [-0.15, -0.1) is 0 Å². The predicted octanol–water partition coefficient (Wildman–Crippen LogP) is 1.69. The van der Waals surface area contributed by atoms with Crippen molar-refractivity contribution in [3.8, 4) is 0 Å². The zero-order chi connectivity index (χ0) is 12.7. The molecule has 5 heteroatoms. The largest absolute Gasteiger partial charge is 0.481 e. The van der Waals surface area contributed by atoms with Gasteiger partial charge in [-0.2, -0.15) is 0 Å². The van der Waals surface area contributed by atoms with Gasteiger partial charge in [0.2, 0.25) is 5.91 Å². The number of carboxylic acids is 1. The summed E-state index contributed by atoms with van der Waals surface area (Å²) in [5.41, 5.74) is 0.795. The molecule has 5 nitrogen and oxygen atoms in total. The monoisotopic (exact) mass is 236 g/mol. The number of unbranched alkanes of at least 4 members (excludes halogenated alkanes) is 1. The van der Waals surface area contributed by atoms with Crippen molar-refractivity contribution in [1.82, 2.24) is 4.98 Å². The predicted molar refractivity (Wildman–Crippen MR) is 63.8 cm³/mol. The lowest BCUT2D eigenvalue weighted by Gasteiger charge is -2.16. The summed E-state index contributed by atoms with van der Waals surface area (Å²) in [5.74, 6) is -0.832. The Morgan fingerprint density at radius 2 is 1.82 bits per heavy atom. The molecule has 1 heterocycles. The van der Waals surface area contributed by atoms with E-state index in [0.29, 0.717) is 19.3 Å². The average molecular weight is 236 g/mol. The number of carboxylic acid groups (broad SMARTS) is 1. The van der Waals surface area contributed by atoms with Crippen LogP contribution in [0.4, 0.5) is 5.69 Å². The van der Waals surface area contributed by atoms with Gasteiger partial charge in [0.15, 0.2) is 0 Å². The van der Waals surface area contributed by atoms with E-state index in [0.717, 1.165) is 5.69 Å². The molecular formula is C12H16N2O3. The molecule has 0 aliphatic rings. The Morgan fingerprint density at radius 1 is 1.24 bits per heavy atom. The maximum atomic E-state index is 11.7. The Morgan fingerprint density at radius 3 is 2.41 bits per heavy atom. The van der Waals surface area contributed by atoms with E-state index in [1.54, 1.807) is 36.5 Å². The van der Waals surface area contributed by atoms with Crippen LogP contribution in [0.25, 0.3) is 0 Å². The Balaban J connectivity index is 2.35. The lowest BCUT2D eigenvalue weighted by molar-refractivity contribution is -0.137. The zero-order valence-corrected chi connectivity index (χ0v) is 9.80. The molecule has 0 radical (unpaired) electrons. The number of carbonyl (C=O) groups excluding carboxylic acids is 1. The molecule has 0 aromatic carbocycles. The highest BCUT2D eigenvalue weighted by atomic mass is 16.4. The number of nitrogens with zero attached hydrogens (tertiary/aromatic N) is 2. The molecule has 0 aliphatic carbocycles. The minimum atomic E-state index is -0.820. The van der Waals surface area contributed by atoms with E-state index >= 15 is 0 Å². The summed E-state index contributed by atoms with van der Waals surface area (Å²) in [6.07, 6.45) is 4.87. The molecule has 0 fully saturated rings. The zero-order valence-electron chi connectivity index (χ0n) is 9.80. The van der Waals surface area contributed by atoms with Crippen LogP contribution in [0.1, 0.15) is 25.7 Å². The van der Waals surface area contributed by atoms with Gasteiger partial charge in [-0.05, 0) is 25.0 Å². The Bertz CT molecular complexity index is 379. The summed E-state index contributed by atoms with van der Waals surface area (Å²) in [6, 6.07) is 3.52. The third-order valence-corrected chi connectivity index (χ3v) is 2.46. The fraction of sp³-hybridized carbons (Fsp3) is 0.417. The number of hydrogen-bond acceptors (Lipinski definition) is 3. The van der Waals surface area contributed by atoms with Gasteiger partial charge in [-0.3, -0.25) is 14.6 Å². The second-order valence-corrected chi connectivity index (χ2v) is 3.76. The van der Waals surface area contributed by atoms with Crippen molar-refractivity contribution >= 4 is 17.6 Å². The van der Waals surface area contributed by atoms with Gasteiger partial charge in [-0.25, -0.2) is 0 Å². The molecule has 1 aromatic heterocycles. The second-order valence-electron chi connectivity index (χ2n) is 3.76. The highest BCUT2D eigenvalue weighted by molar-refractivity contribution is 5.92. The van der Waals surface area contributed by atoms with Crippen LogP contribution in [-0.4, -0.2) is 29.0 Å². The first-order valence-corrected chi connectivity index (χ1v) is 5.49. The molecule has 0 saturated heterocycles. The summed E-state index contributed by atoms with van der Waals surface area (Å²) in [4.78, 5) is 27.5. The van der Waals surface area contributed by atoms with Crippen LogP contribution in [0.3, 0.4) is 0 Å². The summed E-state index contributed by atoms with van der Waals surface area (Å²) >= 11 is 0. The molecule has 1 aromatic rings. The lowest BCUT2D eigenvalue weighted by Crippen LogP contribution is -2.25. The number of amides is 1. The summed E-state index contributed by atoms with van der Waals surface area (Å²) in [6.45, 7) is 0. The fourth-order valence-electron chi connectivity index (χ4n) is 1.43. The molecule has 0 saturated carbocycles. The number of anilines is 1. The molecule has 1 N–H and O–H groups in total. The number of pyridine rings is 1. The standard InChI is InChI=1S/C12H16N2O3/c1-14(10-6-8-13-9-7-10)11(15)4-2-3-5-12(16)17/h6-9H,2-5H2,1H3,(H,16,17).